The van der Waals surface area contributed by atoms with Gasteiger partial charge < -0.3 is 4.74 Å². The number of nitrogens with zero attached hydrogens (tertiary/aromatic N) is 3. The lowest BCUT2D eigenvalue weighted by molar-refractivity contribution is -0.360. The molecule has 0 N–H and O–H groups in total. The fraction of sp³-hybridized carbons (Fsp3) is 0.333. The minimum absolute atomic E-state index is 0.392. The molecule has 2 aromatic rings. The average molecular weight is 307 g/mol. The van der Waals surface area contributed by atoms with Gasteiger partial charge in [-0.25, -0.2) is 0 Å². The first-order valence-electron chi connectivity index (χ1n) is 5.70. The van der Waals surface area contributed by atoms with Crippen LogP contribution < -0.4 is 4.74 Å². The van der Waals surface area contributed by atoms with Gasteiger partial charge in [-0.15, -0.1) is 0 Å². The molecule has 0 aliphatic carbocycles. The van der Waals surface area contributed by atoms with Gasteiger partial charge in [-0.3, -0.25) is 9.67 Å². The highest BCUT2D eigenvalue weighted by Crippen LogP contribution is 2.37. The number of alkyl halides is 5. The highest BCUT2D eigenvalue weighted by molar-refractivity contribution is 5.61. The molecule has 0 aliphatic heterocycles. The van der Waals surface area contributed by atoms with Gasteiger partial charge in [-0.2, -0.15) is 27.1 Å². The summed E-state index contributed by atoms with van der Waals surface area (Å²) in [4.78, 5) is 3.81. The Morgan fingerprint density at radius 3 is 2.19 bits per heavy atom. The monoisotopic (exact) mass is 307 g/mol. The Labute approximate surface area is 116 Å². The van der Waals surface area contributed by atoms with Crippen LogP contribution in [0.3, 0.4) is 0 Å². The van der Waals surface area contributed by atoms with Crippen LogP contribution in [0.2, 0.25) is 0 Å². The molecular weight excluding hydrogens is 297 g/mol. The van der Waals surface area contributed by atoms with Crippen molar-refractivity contribution in [3.8, 4) is 17.0 Å². The number of hydrogen-bond donors (Lipinski definition) is 0. The van der Waals surface area contributed by atoms with Crippen LogP contribution in [0.5, 0.6) is 5.75 Å². The Bertz CT molecular complexity index is 633. The predicted octanol–water partition coefficient (Wildman–Crippen LogP) is 3.32. The van der Waals surface area contributed by atoms with E-state index in [0.717, 1.165) is 18.0 Å². The second-order valence-corrected chi connectivity index (χ2v) is 4.26. The van der Waals surface area contributed by atoms with Gasteiger partial charge >= 0.3 is 12.3 Å². The van der Waals surface area contributed by atoms with E-state index in [4.69, 9.17) is 0 Å². The number of rotatable bonds is 3. The lowest BCUT2D eigenvalue weighted by Gasteiger charge is -2.19. The standard InChI is InChI=1S/C12H10F5N3O/c1-7-9(6-19-20(7)2)10-4-3-8(5-18-10)21-12(16,17)11(13,14)15/h3-6H,1-2H3. The van der Waals surface area contributed by atoms with Crippen molar-refractivity contribution >= 4 is 0 Å². The third kappa shape index (κ3) is 2.96. The Kier molecular flexibility index (Phi) is 3.60. The van der Waals surface area contributed by atoms with Crippen molar-refractivity contribution in [3.63, 3.8) is 0 Å². The largest absolute Gasteiger partial charge is 0.499 e. The third-order valence-corrected chi connectivity index (χ3v) is 2.82. The molecule has 0 aromatic carbocycles. The summed E-state index contributed by atoms with van der Waals surface area (Å²) in [5.41, 5.74) is 1.81. The molecule has 2 rings (SSSR count). The smallest absolute Gasteiger partial charge is 0.424 e. The molecule has 4 nitrogen and oxygen atoms in total. The van der Waals surface area contributed by atoms with Crippen LogP contribution in [0, 0.1) is 6.92 Å². The minimum atomic E-state index is -5.79. The highest BCUT2D eigenvalue weighted by atomic mass is 19.4. The second kappa shape index (κ2) is 4.97. The van der Waals surface area contributed by atoms with Crippen molar-refractivity contribution in [2.45, 2.75) is 19.2 Å². The average Bonchev–Trinajstić information content (AvgIpc) is 2.69. The number of halogens is 5. The van der Waals surface area contributed by atoms with E-state index in [1.54, 1.807) is 18.7 Å². The molecule has 9 heteroatoms. The van der Waals surface area contributed by atoms with Crippen LogP contribution >= 0.6 is 0 Å². The van der Waals surface area contributed by atoms with Gasteiger partial charge in [0.15, 0.2) is 0 Å². The van der Waals surface area contributed by atoms with Crippen LogP contribution in [0.25, 0.3) is 11.3 Å². The fourth-order valence-corrected chi connectivity index (χ4v) is 1.56. The number of hydrogen-bond acceptors (Lipinski definition) is 3. The quantitative estimate of drug-likeness (QED) is 0.817. The summed E-state index contributed by atoms with van der Waals surface area (Å²) in [6.07, 6.45) is -8.73. The van der Waals surface area contributed by atoms with Crippen molar-refractivity contribution in [1.29, 1.82) is 0 Å². The van der Waals surface area contributed by atoms with Gasteiger partial charge in [-0.1, -0.05) is 0 Å². The third-order valence-electron chi connectivity index (χ3n) is 2.82. The maximum atomic E-state index is 12.7. The Balaban J connectivity index is 2.22. The molecule has 0 unspecified atom stereocenters. The van der Waals surface area contributed by atoms with Gasteiger partial charge in [0.2, 0.25) is 0 Å². The van der Waals surface area contributed by atoms with Gasteiger partial charge in [0.05, 0.1) is 18.1 Å². The van der Waals surface area contributed by atoms with Crippen LogP contribution in [0.15, 0.2) is 24.5 Å². The first kappa shape index (κ1) is 15.2. The molecule has 0 radical (unpaired) electrons. The summed E-state index contributed by atoms with van der Waals surface area (Å²) in [6.45, 7) is 1.77. The SMILES string of the molecule is Cc1c(-c2ccc(OC(F)(F)C(F)(F)F)cn2)cnn1C. The summed E-state index contributed by atoms with van der Waals surface area (Å²) in [5, 5.41) is 3.98. The summed E-state index contributed by atoms with van der Waals surface area (Å²) < 4.78 is 66.7. The van der Waals surface area contributed by atoms with E-state index in [0.29, 0.717) is 11.3 Å². The Morgan fingerprint density at radius 2 is 1.76 bits per heavy atom. The molecule has 0 atom stereocenters. The molecule has 0 amide bonds. The number of aryl methyl sites for hydroxylation is 1. The first-order chi connectivity index (χ1) is 9.62. The molecule has 21 heavy (non-hydrogen) atoms. The zero-order chi connectivity index (χ0) is 15.8. The summed E-state index contributed by atoms with van der Waals surface area (Å²) in [5.74, 6) is -0.678. The van der Waals surface area contributed by atoms with Gasteiger partial charge in [0.1, 0.15) is 5.75 Å². The Hall–Kier alpha value is -2.19. The summed E-state index contributed by atoms with van der Waals surface area (Å²) in [6, 6.07) is 2.28. The van der Waals surface area contributed by atoms with Crippen LogP contribution in [0.4, 0.5) is 22.0 Å². The molecular formula is C12H10F5N3O. The molecule has 2 aromatic heterocycles. The molecule has 0 fully saturated rings. The maximum absolute atomic E-state index is 12.7. The zero-order valence-electron chi connectivity index (χ0n) is 10.9. The molecule has 0 saturated carbocycles. The fourth-order valence-electron chi connectivity index (χ4n) is 1.56. The first-order valence-corrected chi connectivity index (χ1v) is 5.70. The molecule has 0 saturated heterocycles. The normalized spacial score (nSPS) is 12.5. The number of pyridine rings is 1. The molecule has 114 valence electrons. The lowest BCUT2D eigenvalue weighted by Crippen LogP contribution is -2.41. The van der Waals surface area contributed by atoms with Crippen molar-refractivity contribution in [2.75, 3.05) is 0 Å². The number of aromatic nitrogens is 3. The topological polar surface area (TPSA) is 39.9 Å². The lowest BCUT2D eigenvalue weighted by atomic mass is 10.2. The maximum Gasteiger partial charge on any atom is 0.499 e. The summed E-state index contributed by atoms with van der Waals surface area (Å²) in [7, 11) is 1.71. The van der Waals surface area contributed by atoms with Crippen molar-refractivity contribution in [1.82, 2.24) is 14.8 Å². The van der Waals surface area contributed by atoms with Crippen molar-refractivity contribution in [2.24, 2.45) is 7.05 Å². The molecule has 0 spiro atoms. The van der Waals surface area contributed by atoms with Crippen LogP contribution in [-0.4, -0.2) is 27.0 Å². The van der Waals surface area contributed by atoms with E-state index in [1.807, 2.05) is 0 Å². The van der Waals surface area contributed by atoms with Crippen LogP contribution in [0.1, 0.15) is 5.69 Å². The van der Waals surface area contributed by atoms with E-state index in [2.05, 4.69) is 14.8 Å². The summed E-state index contributed by atoms with van der Waals surface area (Å²) >= 11 is 0. The number of ether oxygens (including phenoxy) is 1. The van der Waals surface area contributed by atoms with E-state index < -0.39 is 18.0 Å². The highest BCUT2D eigenvalue weighted by Gasteiger charge is 2.61. The second-order valence-electron chi connectivity index (χ2n) is 4.26. The van der Waals surface area contributed by atoms with E-state index >= 15 is 0 Å². The molecule has 2 heterocycles. The van der Waals surface area contributed by atoms with Gasteiger partial charge in [-0.05, 0) is 19.1 Å². The van der Waals surface area contributed by atoms with Crippen molar-refractivity contribution < 1.29 is 26.7 Å². The molecule has 0 aliphatic rings. The predicted molar refractivity (Wildman–Crippen MR) is 62.8 cm³/mol. The van der Waals surface area contributed by atoms with Crippen LogP contribution in [-0.2, 0) is 7.05 Å². The minimum Gasteiger partial charge on any atom is -0.424 e. The van der Waals surface area contributed by atoms with E-state index in [-0.39, 0.29) is 0 Å². The van der Waals surface area contributed by atoms with E-state index in [1.165, 1.54) is 12.3 Å². The van der Waals surface area contributed by atoms with Gasteiger partial charge in [0, 0.05) is 18.3 Å². The van der Waals surface area contributed by atoms with E-state index in [9.17, 15) is 22.0 Å². The van der Waals surface area contributed by atoms with Gasteiger partial charge in [0.25, 0.3) is 0 Å². The zero-order valence-corrected chi connectivity index (χ0v) is 10.9. The molecule has 0 bridgehead atoms. The Morgan fingerprint density at radius 1 is 1.10 bits per heavy atom. The van der Waals surface area contributed by atoms with Crippen molar-refractivity contribution in [3.05, 3.63) is 30.2 Å².